The molecule has 1 amide bonds. The Balaban J connectivity index is 1.65. The van der Waals surface area contributed by atoms with Gasteiger partial charge >= 0.3 is 0 Å². The molecule has 0 bridgehead atoms. The first-order valence-electron chi connectivity index (χ1n) is 8.05. The summed E-state index contributed by atoms with van der Waals surface area (Å²) in [5.41, 5.74) is 2.46. The number of fused-ring (bicyclic) bond motifs is 1. The average Bonchev–Trinajstić information content (AvgIpc) is 3.32. The molecule has 7 heteroatoms. The maximum absolute atomic E-state index is 14.3. The molecule has 0 saturated heterocycles. The van der Waals surface area contributed by atoms with Gasteiger partial charge < -0.3 is 5.32 Å². The summed E-state index contributed by atoms with van der Waals surface area (Å²) >= 11 is 1.39. The van der Waals surface area contributed by atoms with E-state index >= 15 is 0 Å². The molecule has 27 heavy (non-hydrogen) atoms. The van der Waals surface area contributed by atoms with Gasteiger partial charge in [0.05, 0.1) is 22.5 Å². The van der Waals surface area contributed by atoms with Crippen molar-refractivity contribution in [3.8, 4) is 0 Å². The second kappa shape index (κ2) is 7.13. The Bertz CT molecular complexity index is 1130. The van der Waals surface area contributed by atoms with Crippen LogP contribution in [0.15, 0.2) is 53.2 Å². The molecule has 0 spiro atoms. The van der Waals surface area contributed by atoms with Gasteiger partial charge in [-0.2, -0.15) is 16.4 Å². The van der Waals surface area contributed by atoms with E-state index in [1.807, 2.05) is 0 Å². The Morgan fingerprint density at radius 2 is 1.93 bits per heavy atom. The molecule has 4 rings (SSSR count). The highest BCUT2D eigenvalue weighted by molar-refractivity contribution is 7.08. The Morgan fingerprint density at radius 1 is 1.11 bits per heavy atom. The molecule has 2 aromatic heterocycles. The van der Waals surface area contributed by atoms with Gasteiger partial charge in [0.25, 0.3) is 5.91 Å². The number of anilines is 1. The minimum Gasteiger partial charge on any atom is -0.319 e. The highest BCUT2D eigenvalue weighted by Gasteiger charge is 2.13. The summed E-state index contributed by atoms with van der Waals surface area (Å²) in [5, 5.41) is 13.7. The van der Waals surface area contributed by atoms with Crippen LogP contribution in [0.4, 0.5) is 14.5 Å². The number of rotatable bonds is 4. The van der Waals surface area contributed by atoms with Crippen molar-refractivity contribution in [3.05, 3.63) is 81.7 Å². The van der Waals surface area contributed by atoms with Gasteiger partial charge in [-0.3, -0.25) is 9.89 Å². The molecule has 134 valence electrons. The second-order valence-corrected chi connectivity index (χ2v) is 6.62. The lowest BCUT2D eigenvalue weighted by atomic mass is 10.1. The number of aromatic amines is 1. The zero-order valence-corrected chi connectivity index (χ0v) is 14.7. The number of carbonyl (C=O) groups excluding carboxylic acids is 1. The van der Waals surface area contributed by atoms with Gasteiger partial charge in [0.2, 0.25) is 0 Å². The maximum atomic E-state index is 14.3. The van der Waals surface area contributed by atoms with Crippen LogP contribution in [0.3, 0.4) is 0 Å². The summed E-state index contributed by atoms with van der Waals surface area (Å²) in [7, 11) is 0. The number of halogens is 2. The zero-order valence-electron chi connectivity index (χ0n) is 13.9. The van der Waals surface area contributed by atoms with Crippen LogP contribution >= 0.6 is 11.3 Å². The standard InChI is InChI=1S/C20H13F2N3OS/c21-14-4-1-12(2-5-14)3-6-17-15-9-19(16(22)10-18(15)25-24-17)23-20(26)13-7-8-27-11-13/h1-11H,(H,23,26)(H,24,25). The molecule has 2 N–H and O–H groups in total. The maximum Gasteiger partial charge on any atom is 0.256 e. The quantitative estimate of drug-likeness (QED) is 0.502. The number of H-pyrrole nitrogens is 1. The van der Waals surface area contributed by atoms with Gasteiger partial charge in [0.15, 0.2) is 0 Å². The van der Waals surface area contributed by atoms with Crippen molar-refractivity contribution in [1.29, 1.82) is 0 Å². The number of carbonyl (C=O) groups is 1. The van der Waals surface area contributed by atoms with E-state index < -0.39 is 5.82 Å². The summed E-state index contributed by atoms with van der Waals surface area (Å²) in [6, 6.07) is 10.5. The first-order valence-corrected chi connectivity index (χ1v) is 8.99. The summed E-state index contributed by atoms with van der Waals surface area (Å²) in [6.45, 7) is 0. The molecule has 0 saturated carbocycles. The molecule has 0 atom stereocenters. The van der Waals surface area contributed by atoms with Gasteiger partial charge in [0, 0.05) is 16.8 Å². The fourth-order valence-corrected chi connectivity index (χ4v) is 3.25. The van der Waals surface area contributed by atoms with Gasteiger partial charge in [-0.25, -0.2) is 8.78 Å². The van der Waals surface area contributed by atoms with E-state index in [9.17, 15) is 13.6 Å². The first kappa shape index (κ1) is 17.1. The number of amides is 1. The third-order valence-corrected chi connectivity index (χ3v) is 4.70. The predicted octanol–water partition coefficient (Wildman–Crippen LogP) is 5.33. The molecular formula is C20H13F2N3OS. The summed E-state index contributed by atoms with van der Waals surface area (Å²) < 4.78 is 27.3. The molecule has 0 radical (unpaired) electrons. The third-order valence-electron chi connectivity index (χ3n) is 4.02. The lowest BCUT2D eigenvalue weighted by Crippen LogP contribution is -2.12. The van der Waals surface area contributed by atoms with Crippen molar-refractivity contribution >= 4 is 46.0 Å². The second-order valence-electron chi connectivity index (χ2n) is 5.84. The predicted molar refractivity (Wildman–Crippen MR) is 104 cm³/mol. The van der Waals surface area contributed by atoms with E-state index in [0.717, 1.165) is 5.56 Å². The van der Waals surface area contributed by atoms with Crippen molar-refractivity contribution in [2.24, 2.45) is 0 Å². The van der Waals surface area contributed by atoms with E-state index in [1.54, 1.807) is 47.2 Å². The first-order chi connectivity index (χ1) is 13.1. The third kappa shape index (κ3) is 3.63. The lowest BCUT2D eigenvalue weighted by Gasteiger charge is -2.06. The summed E-state index contributed by atoms with van der Waals surface area (Å²) in [6.07, 6.45) is 3.52. The molecule has 2 heterocycles. The van der Waals surface area contributed by atoms with E-state index in [4.69, 9.17) is 0 Å². The Morgan fingerprint density at radius 3 is 2.67 bits per heavy atom. The molecular weight excluding hydrogens is 368 g/mol. The molecule has 4 aromatic rings. The van der Waals surface area contributed by atoms with Crippen LogP contribution < -0.4 is 5.32 Å². The minimum atomic E-state index is -0.552. The zero-order chi connectivity index (χ0) is 18.8. The van der Waals surface area contributed by atoms with Crippen molar-refractivity contribution in [3.63, 3.8) is 0 Å². The van der Waals surface area contributed by atoms with E-state index in [-0.39, 0.29) is 17.4 Å². The highest BCUT2D eigenvalue weighted by Crippen LogP contribution is 2.26. The number of hydrogen-bond acceptors (Lipinski definition) is 3. The van der Waals surface area contributed by atoms with Crippen LogP contribution in [0.2, 0.25) is 0 Å². The van der Waals surface area contributed by atoms with E-state index in [0.29, 0.717) is 22.2 Å². The van der Waals surface area contributed by atoms with Gasteiger partial charge in [-0.15, -0.1) is 0 Å². The monoisotopic (exact) mass is 381 g/mol. The van der Waals surface area contributed by atoms with Crippen LogP contribution in [0.5, 0.6) is 0 Å². The largest absolute Gasteiger partial charge is 0.319 e. The molecule has 2 aromatic carbocycles. The number of thiophene rings is 1. The van der Waals surface area contributed by atoms with Crippen LogP contribution in [-0.2, 0) is 0 Å². The Labute approximate surface area is 157 Å². The highest BCUT2D eigenvalue weighted by atomic mass is 32.1. The number of nitrogens with one attached hydrogen (secondary N) is 2. The van der Waals surface area contributed by atoms with Crippen molar-refractivity contribution in [2.45, 2.75) is 0 Å². The normalized spacial score (nSPS) is 11.3. The Kier molecular flexibility index (Phi) is 4.52. The number of benzene rings is 2. The molecule has 0 fully saturated rings. The van der Waals surface area contributed by atoms with Crippen LogP contribution in [0.1, 0.15) is 21.6 Å². The van der Waals surface area contributed by atoms with Gasteiger partial charge in [-0.05, 0) is 41.3 Å². The fraction of sp³-hybridized carbons (Fsp3) is 0. The van der Waals surface area contributed by atoms with Gasteiger partial charge in [-0.1, -0.05) is 18.2 Å². The molecule has 0 aliphatic heterocycles. The average molecular weight is 381 g/mol. The molecule has 0 aliphatic carbocycles. The van der Waals surface area contributed by atoms with Crippen molar-refractivity contribution in [2.75, 3.05) is 5.32 Å². The lowest BCUT2D eigenvalue weighted by molar-refractivity contribution is 0.102. The molecule has 4 nitrogen and oxygen atoms in total. The fourth-order valence-electron chi connectivity index (χ4n) is 2.62. The number of nitrogens with zero attached hydrogens (tertiary/aromatic N) is 1. The summed E-state index contributed by atoms with van der Waals surface area (Å²) in [5.74, 6) is -1.23. The number of hydrogen-bond donors (Lipinski definition) is 2. The SMILES string of the molecule is O=C(Nc1cc2c(C=Cc3ccc(F)cc3)n[nH]c2cc1F)c1ccsc1. The smallest absolute Gasteiger partial charge is 0.256 e. The van der Waals surface area contributed by atoms with Crippen LogP contribution in [-0.4, -0.2) is 16.1 Å². The Hall–Kier alpha value is -3.32. The molecule has 0 unspecified atom stereocenters. The van der Waals surface area contributed by atoms with Crippen LogP contribution in [0.25, 0.3) is 23.1 Å². The number of aromatic nitrogens is 2. The summed E-state index contributed by atoms with van der Waals surface area (Å²) in [4.78, 5) is 12.2. The van der Waals surface area contributed by atoms with E-state index in [1.165, 1.54) is 29.5 Å². The topological polar surface area (TPSA) is 57.8 Å². The van der Waals surface area contributed by atoms with E-state index in [2.05, 4.69) is 15.5 Å². The molecule has 0 aliphatic rings. The van der Waals surface area contributed by atoms with Gasteiger partial charge in [0.1, 0.15) is 11.6 Å². The van der Waals surface area contributed by atoms with Crippen molar-refractivity contribution < 1.29 is 13.6 Å². The van der Waals surface area contributed by atoms with Crippen LogP contribution in [0, 0.1) is 11.6 Å². The minimum absolute atomic E-state index is 0.0801. The van der Waals surface area contributed by atoms with Crippen molar-refractivity contribution in [1.82, 2.24) is 10.2 Å².